The molecule has 14 heavy (non-hydrogen) atoms. The monoisotopic (exact) mass is 214 g/mol. The molecule has 0 amide bonds. The van der Waals surface area contributed by atoms with Crippen molar-refractivity contribution in [3.8, 4) is 0 Å². The fourth-order valence-electron chi connectivity index (χ4n) is 3.33. The fraction of sp³-hybridized carbons (Fsp3) is 1.00. The van der Waals surface area contributed by atoms with Crippen molar-refractivity contribution in [3.05, 3.63) is 0 Å². The molecule has 0 spiro atoms. The Morgan fingerprint density at radius 2 is 1.36 bits per heavy atom. The molecule has 0 nitrogen and oxygen atoms in total. The van der Waals surface area contributed by atoms with E-state index in [9.17, 15) is 0 Å². The first-order valence-corrected chi connectivity index (χ1v) is 6.92. The van der Waals surface area contributed by atoms with E-state index in [4.69, 9.17) is 11.6 Å². The van der Waals surface area contributed by atoms with E-state index in [1.165, 1.54) is 64.2 Å². The average Bonchev–Trinajstić information content (AvgIpc) is 2.56. The molecular weight excluding hydrogens is 192 g/mol. The smallest absolute Gasteiger partial charge is 0.0338 e. The number of hydrogen-bond donors (Lipinski definition) is 0. The fourth-order valence-corrected chi connectivity index (χ4v) is 3.73. The summed E-state index contributed by atoms with van der Waals surface area (Å²) in [5.41, 5.74) is 0. The minimum absolute atomic E-state index is 0.490. The van der Waals surface area contributed by atoms with Crippen LogP contribution in [0.3, 0.4) is 0 Å². The molecule has 2 atom stereocenters. The molecule has 2 rings (SSSR count). The van der Waals surface area contributed by atoms with Crippen molar-refractivity contribution in [2.75, 3.05) is 0 Å². The minimum atomic E-state index is 0.490. The summed E-state index contributed by atoms with van der Waals surface area (Å²) in [6.45, 7) is 0. The molecule has 2 aliphatic carbocycles. The van der Waals surface area contributed by atoms with Gasteiger partial charge in [0, 0.05) is 5.38 Å². The van der Waals surface area contributed by atoms with Crippen molar-refractivity contribution < 1.29 is 0 Å². The molecule has 2 unspecified atom stereocenters. The Kier molecular flexibility index (Phi) is 4.16. The van der Waals surface area contributed by atoms with E-state index >= 15 is 0 Å². The second kappa shape index (κ2) is 5.39. The van der Waals surface area contributed by atoms with Crippen molar-refractivity contribution in [2.24, 2.45) is 11.8 Å². The zero-order valence-corrected chi connectivity index (χ0v) is 9.94. The van der Waals surface area contributed by atoms with E-state index in [0.717, 1.165) is 11.8 Å². The molecule has 0 bridgehead atoms. The van der Waals surface area contributed by atoms with Crippen LogP contribution in [0.1, 0.15) is 64.2 Å². The molecule has 2 saturated carbocycles. The van der Waals surface area contributed by atoms with Crippen LogP contribution in [-0.4, -0.2) is 5.38 Å². The van der Waals surface area contributed by atoms with Gasteiger partial charge in [-0.05, 0) is 31.1 Å². The first kappa shape index (κ1) is 10.8. The van der Waals surface area contributed by atoms with Crippen molar-refractivity contribution in [1.29, 1.82) is 0 Å². The maximum absolute atomic E-state index is 6.30. The summed E-state index contributed by atoms with van der Waals surface area (Å²) in [6.07, 6.45) is 14.3. The maximum Gasteiger partial charge on any atom is 0.0338 e. The lowest BCUT2D eigenvalue weighted by atomic mass is 9.88. The van der Waals surface area contributed by atoms with Gasteiger partial charge in [-0.15, -0.1) is 11.6 Å². The lowest BCUT2D eigenvalue weighted by Gasteiger charge is -2.19. The highest BCUT2D eigenvalue weighted by molar-refractivity contribution is 6.20. The van der Waals surface area contributed by atoms with E-state index < -0.39 is 0 Å². The highest BCUT2D eigenvalue weighted by Crippen LogP contribution is 2.36. The molecule has 2 fully saturated rings. The van der Waals surface area contributed by atoms with Gasteiger partial charge in [0.1, 0.15) is 0 Å². The third-order valence-electron chi connectivity index (χ3n) is 4.11. The Bertz CT molecular complexity index is 161. The zero-order chi connectivity index (χ0) is 9.80. The molecule has 0 aliphatic heterocycles. The average molecular weight is 215 g/mol. The lowest BCUT2D eigenvalue weighted by Crippen LogP contribution is -2.09. The Morgan fingerprint density at radius 1 is 0.786 bits per heavy atom. The van der Waals surface area contributed by atoms with Crippen molar-refractivity contribution in [3.63, 3.8) is 0 Å². The largest absolute Gasteiger partial charge is 0.123 e. The predicted molar refractivity (Wildman–Crippen MR) is 62.8 cm³/mol. The predicted octanol–water partition coefficient (Wildman–Crippen LogP) is 4.75. The second-order valence-corrected chi connectivity index (χ2v) is 5.99. The lowest BCUT2D eigenvalue weighted by molar-refractivity contribution is 0.344. The van der Waals surface area contributed by atoms with Gasteiger partial charge in [0.05, 0.1) is 0 Å². The van der Waals surface area contributed by atoms with E-state index in [-0.39, 0.29) is 0 Å². The van der Waals surface area contributed by atoms with Gasteiger partial charge in [-0.3, -0.25) is 0 Å². The minimum Gasteiger partial charge on any atom is -0.123 e. The van der Waals surface area contributed by atoms with Gasteiger partial charge in [0.15, 0.2) is 0 Å². The molecule has 82 valence electrons. The molecule has 1 heteroatoms. The quantitative estimate of drug-likeness (QED) is 0.460. The van der Waals surface area contributed by atoms with Crippen LogP contribution in [0.4, 0.5) is 0 Å². The molecule has 0 heterocycles. The van der Waals surface area contributed by atoms with Gasteiger partial charge in [-0.1, -0.05) is 44.9 Å². The number of halogens is 1. The topological polar surface area (TPSA) is 0 Å². The van der Waals surface area contributed by atoms with Gasteiger partial charge in [0.25, 0.3) is 0 Å². The summed E-state index contributed by atoms with van der Waals surface area (Å²) < 4.78 is 0. The van der Waals surface area contributed by atoms with Gasteiger partial charge >= 0.3 is 0 Å². The molecule has 0 aromatic heterocycles. The number of alkyl halides is 1. The summed E-state index contributed by atoms with van der Waals surface area (Å²) in [7, 11) is 0. The second-order valence-electron chi connectivity index (χ2n) is 5.37. The molecule has 0 aromatic carbocycles. The normalized spacial score (nSPS) is 35.8. The first-order valence-electron chi connectivity index (χ1n) is 6.48. The van der Waals surface area contributed by atoms with Crippen molar-refractivity contribution >= 4 is 11.6 Å². The first-order chi connectivity index (χ1) is 6.84. The Hall–Kier alpha value is 0.290. The van der Waals surface area contributed by atoms with Crippen LogP contribution in [0.5, 0.6) is 0 Å². The van der Waals surface area contributed by atoms with Gasteiger partial charge in [0.2, 0.25) is 0 Å². The van der Waals surface area contributed by atoms with Crippen LogP contribution in [0.2, 0.25) is 0 Å². The van der Waals surface area contributed by atoms with E-state index in [1.807, 2.05) is 0 Å². The highest BCUT2D eigenvalue weighted by atomic mass is 35.5. The van der Waals surface area contributed by atoms with Crippen LogP contribution in [0.25, 0.3) is 0 Å². The third-order valence-corrected chi connectivity index (χ3v) is 4.51. The van der Waals surface area contributed by atoms with Crippen molar-refractivity contribution in [2.45, 2.75) is 69.6 Å². The summed E-state index contributed by atoms with van der Waals surface area (Å²) in [6, 6.07) is 0. The molecule has 0 aromatic rings. The van der Waals surface area contributed by atoms with Crippen LogP contribution in [-0.2, 0) is 0 Å². The van der Waals surface area contributed by atoms with Crippen LogP contribution < -0.4 is 0 Å². The highest BCUT2D eigenvalue weighted by Gasteiger charge is 2.23. The van der Waals surface area contributed by atoms with Gasteiger partial charge in [-0.25, -0.2) is 0 Å². The summed E-state index contributed by atoms with van der Waals surface area (Å²) >= 11 is 6.30. The SMILES string of the molecule is ClC1CCCCC(CC2CCCC2)C1. The van der Waals surface area contributed by atoms with Crippen LogP contribution in [0, 0.1) is 11.8 Å². The van der Waals surface area contributed by atoms with E-state index in [1.54, 1.807) is 0 Å². The standard InChI is InChI=1S/C13H23Cl/c14-13-8-4-3-7-12(10-13)9-11-5-1-2-6-11/h11-13H,1-10H2. The Morgan fingerprint density at radius 3 is 2.07 bits per heavy atom. The van der Waals surface area contributed by atoms with Gasteiger partial charge < -0.3 is 0 Å². The summed E-state index contributed by atoms with van der Waals surface area (Å²) in [5, 5.41) is 0.490. The molecular formula is C13H23Cl. The molecule has 0 saturated heterocycles. The van der Waals surface area contributed by atoms with E-state index in [0.29, 0.717) is 5.38 Å². The Balaban J connectivity index is 1.77. The van der Waals surface area contributed by atoms with Crippen LogP contribution in [0.15, 0.2) is 0 Å². The van der Waals surface area contributed by atoms with Crippen LogP contribution >= 0.6 is 11.6 Å². The maximum atomic E-state index is 6.30. The molecule has 2 aliphatic rings. The third kappa shape index (κ3) is 3.15. The molecule has 0 N–H and O–H groups in total. The number of rotatable bonds is 2. The Labute approximate surface area is 93.4 Å². The summed E-state index contributed by atoms with van der Waals surface area (Å²) in [4.78, 5) is 0. The number of hydrogen-bond acceptors (Lipinski definition) is 0. The molecule has 0 radical (unpaired) electrons. The van der Waals surface area contributed by atoms with E-state index in [2.05, 4.69) is 0 Å². The summed E-state index contributed by atoms with van der Waals surface area (Å²) in [5.74, 6) is 2.02. The van der Waals surface area contributed by atoms with Gasteiger partial charge in [-0.2, -0.15) is 0 Å². The zero-order valence-electron chi connectivity index (χ0n) is 9.18. The van der Waals surface area contributed by atoms with Crippen molar-refractivity contribution in [1.82, 2.24) is 0 Å².